The summed E-state index contributed by atoms with van der Waals surface area (Å²) >= 11 is 0. The molecule has 0 unspecified atom stereocenters. The number of halogens is 3. The van der Waals surface area contributed by atoms with E-state index in [0.717, 1.165) is 5.56 Å². The standard InChI is InChI=1S/C19H18F3N3O2/c1-13(24-25-17(26)12-7-14-5-3-2-4-6-14)15-8-10-16(11-9-15)23-18(27)19(20,21)22/h2-6,8-11H,7,12H2,1H3,(H,23,27)(H,25,26)/b24-13+. The number of hydrogen-bond acceptors (Lipinski definition) is 3. The van der Waals surface area contributed by atoms with Gasteiger partial charge in [-0.05, 0) is 36.6 Å². The molecule has 5 nitrogen and oxygen atoms in total. The molecule has 0 atom stereocenters. The van der Waals surface area contributed by atoms with E-state index in [2.05, 4.69) is 10.5 Å². The van der Waals surface area contributed by atoms with E-state index in [1.807, 2.05) is 30.3 Å². The van der Waals surface area contributed by atoms with Crippen molar-refractivity contribution in [1.82, 2.24) is 5.43 Å². The van der Waals surface area contributed by atoms with Crippen LogP contribution in [0.1, 0.15) is 24.5 Å². The Hall–Kier alpha value is -3.16. The van der Waals surface area contributed by atoms with Crippen molar-refractivity contribution in [2.45, 2.75) is 25.9 Å². The van der Waals surface area contributed by atoms with Gasteiger partial charge in [-0.1, -0.05) is 42.5 Å². The minimum Gasteiger partial charge on any atom is -0.318 e. The summed E-state index contributed by atoms with van der Waals surface area (Å²) in [5.41, 5.74) is 4.59. The van der Waals surface area contributed by atoms with Crippen LogP contribution in [0.3, 0.4) is 0 Å². The number of benzene rings is 2. The Morgan fingerprint density at radius 3 is 2.22 bits per heavy atom. The summed E-state index contributed by atoms with van der Waals surface area (Å²) in [4.78, 5) is 22.7. The number of hydrazone groups is 1. The van der Waals surface area contributed by atoms with Crippen molar-refractivity contribution in [3.63, 3.8) is 0 Å². The molecule has 0 saturated carbocycles. The largest absolute Gasteiger partial charge is 0.471 e. The average Bonchev–Trinajstić information content (AvgIpc) is 2.65. The summed E-state index contributed by atoms with van der Waals surface area (Å²) in [5.74, 6) is -2.28. The van der Waals surface area contributed by atoms with E-state index in [0.29, 0.717) is 17.7 Å². The maximum atomic E-state index is 12.2. The van der Waals surface area contributed by atoms with Gasteiger partial charge >= 0.3 is 12.1 Å². The lowest BCUT2D eigenvalue weighted by atomic mass is 10.1. The molecule has 2 rings (SSSR count). The van der Waals surface area contributed by atoms with Crippen LogP contribution in [0.4, 0.5) is 18.9 Å². The topological polar surface area (TPSA) is 70.6 Å². The van der Waals surface area contributed by atoms with Crippen LogP contribution in [-0.2, 0) is 16.0 Å². The summed E-state index contributed by atoms with van der Waals surface area (Å²) < 4.78 is 36.7. The van der Waals surface area contributed by atoms with Crippen LogP contribution < -0.4 is 10.7 Å². The van der Waals surface area contributed by atoms with Gasteiger partial charge in [-0.3, -0.25) is 9.59 Å². The third-order valence-corrected chi connectivity index (χ3v) is 3.65. The quantitative estimate of drug-likeness (QED) is 0.596. The fourth-order valence-corrected chi connectivity index (χ4v) is 2.17. The summed E-state index contributed by atoms with van der Waals surface area (Å²) in [6, 6.07) is 15.2. The zero-order chi connectivity index (χ0) is 19.9. The smallest absolute Gasteiger partial charge is 0.318 e. The molecule has 142 valence electrons. The zero-order valence-corrected chi connectivity index (χ0v) is 14.5. The lowest BCUT2D eigenvalue weighted by Crippen LogP contribution is -2.29. The van der Waals surface area contributed by atoms with Crippen LogP contribution in [0.2, 0.25) is 0 Å². The Morgan fingerprint density at radius 1 is 1.00 bits per heavy atom. The fraction of sp³-hybridized carbons (Fsp3) is 0.211. The van der Waals surface area contributed by atoms with Crippen molar-refractivity contribution in [2.24, 2.45) is 5.10 Å². The van der Waals surface area contributed by atoms with Crippen molar-refractivity contribution < 1.29 is 22.8 Å². The normalized spacial score (nSPS) is 11.8. The molecule has 0 fully saturated rings. The monoisotopic (exact) mass is 377 g/mol. The highest BCUT2D eigenvalue weighted by Crippen LogP contribution is 2.18. The van der Waals surface area contributed by atoms with Gasteiger partial charge < -0.3 is 5.32 Å². The molecule has 0 heterocycles. The molecular weight excluding hydrogens is 359 g/mol. The Kier molecular flexibility index (Phi) is 6.70. The Bertz CT molecular complexity index is 816. The molecule has 0 radical (unpaired) electrons. The highest BCUT2D eigenvalue weighted by atomic mass is 19.4. The molecule has 2 aromatic carbocycles. The van der Waals surface area contributed by atoms with Crippen LogP contribution in [0.5, 0.6) is 0 Å². The van der Waals surface area contributed by atoms with E-state index in [1.165, 1.54) is 24.3 Å². The molecule has 0 bridgehead atoms. The highest BCUT2D eigenvalue weighted by molar-refractivity contribution is 6.00. The van der Waals surface area contributed by atoms with Crippen molar-refractivity contribution in [2.75, 3.05) is 5.32 Å². The van der Waals surface area contributed by atoms with Gasteiger partial charge in [0.1, 0.15) is 0 Å². The van der Waals surface area contributed by atoms with Gasteiger partial charge in [0.25, 0.3) is 0 Å². The number of carbonyl (C=O) groups is 2. The number of nitrogens with zero attached hydrogens (tertiary/aromatic N) is 1. The first-order chi connectivity index (χ1) is 12.8. The molecule has 0 aliphatic heterocycles. The molecule has 0 saturated heterocycles. The van der Waals surface area contributed by atoms with Crippen molar-refractivity contribution in [3.8, 4) is 0 Å². The Morgan fingerprint density at radius 2 is 1.63 bits per heavy atom. The second-order valence-electron chi connectivity index (χ2n) is 5.75. The molecule has 27 heavy (non-hydrogen) atoms. The van der Waals surface area contributed by atoms with E-state index in [9.17, 15) is 22.8 Å². The van der Waals surface area contributed by atoms with E-state index >= 15 is 0 Å². The van der Waals surface area contributed by atoms with Gasteiger partial charge in [0.15, 0.2) is 0 Å². The first kappa shape index (κ1) is 20.2. The van der Waals surface area contributed by atoms with Gasteiger partial charge in [0.2, 0.25) is 5.91 Å². The van der Waals surface area contributed by atoms with Crippen LogP contribution in [0.15, 0.2) is 59.7 Å². The first-order valence-corrected chi connectivity index (χ1v) is 8.11. The lowest BCUT2D eigenvalue weighted by Gasteiger charge is -2.08. The number of carbonyl (C=O) groups excluding carboxylic acids is 2. The number of rotatable bonds is 6. The summed E-state index contributed by atoms with van der Waals surface area (Å²) in [5, 5.41) is 5.74. The first-order valence-electron chi connectivity index (χ1n) is 8.11. The van der Waals surface area contributed by atoms with Crippen LogP contribution >= 0.6 is 0 Å². The van der Waals surface area contributed by atoms with Crippen molar-refractivity contribution >= 4 is 23.2 Å². The third-order valence-electron chi connectivity index (χ3n) is 3.65. The molecule has 0 aromatic heterocycles. The van der Waals surface area contributed by atoms with Gasteiger partial charge in [0.05, 0.1) is 5.71 Å². The molecular formula is C19H18F3N3O2. The van der Waals surface area contributed by atoms with Gasteiger partial charge in [0, 0.05) is 12.1 Å². The van der Waals surface area contributed by atoms with Crippen molar-refractivity contribution in [3.05, 3.63) is 65.7 Å². The minimum absolute atomic E-state index is 0.0146. The van der Waals surface area contributed by atoms with E-state index in [4.69, 9.17) is 0 Å². The van der Waals surface area contributed by atoms with Gasteiger partial charge in [-0.25, -0.2) is 5.43 Å². The van der Waals surface area contributed by atoms with E-state index in [1.54, 1.807) is 12.2 Å². The molecule has 0 aliphatic carbocycles. The summed E-state index contributed by atoms with van der Waals surface area (Å²) in [6.45, 7) is 1.65. The molecule has 0 spiro atoms. The number of alkyl halides is 3. The molecule has 2 aromatic rings. The maximum Gasteiger partial charge on any atom is 0.471 e. The predicted molar refractivity (Wildman–Crippen MR) is 96.2 cm³/mol. The maximum absolute atomic E-state index is 12.2. The van der Waals surface area contributed by atoms with E-state index < -0.39 is 12.1 Å². The fourth-order valence-electron chi connectivity index (χ4n) is 2.17. The third kappa shape index (κ3) is 6.58. The minimum atomic E-state index is -4.94. The van der Waals surface area contributed by atoms with Gasteiger partial charge in [-0.2, -0.15) is 18.3 Å². The molecule has 2 amide bonds. The van der Waals surface area contributed by atoms with Crippen LogP contribution in [-0.4, -0.2) is 23.7 Å². The van der Waals surface area contributed by atoms with E-state index in [-0.39, 0.29) is 18.0 Å². The predicted octanol–water partition coefficient (Wildman–Crippen LogP) is 3.66. The van der Waals surface area contributed by atoms with Crippen LogP contribution in [0, 0.1) is 0 Å². The zero-order valence-electron chi connectivity index (χ0n) is 14.5. The molecule has 8 heteroatoms. The highest BCUT2D eigenvalue weighted by Gasteiger charge is 2.38. The second-order valence-corrected chi connectivity index (χ2v) is 5.75. The Labute approximate surface area is 154 Å². The summed E-state index contributed by atoms with van der Waals surface area (Å²) in [6.07, 6.45) is -4.07. The Balaban J connectivity index is 1.88. The molecule has 0 aliphatic rings. The second kappa shape index (κ2) is 8.98. The average molecular weight is 377 g/mol. The SMILES string of the molecule is C/C(=N\NC(=O)CCc1ccccc1)c1ccc(NC(=O)C(F)(F)F)cc1. The van der Waals surface area contributed by atoms with Crippen molar-refractivity contribution in [1.29, 1.82) is 0 Å². The number of aryl methyl sites for hydroxylation is 1. The molecule has 2 N–H and O–H groups in total. The van der Waals surface area contributed by atoms with Gasteiger partial charge in [-0.15, -0.1) is 0 Å². The number of amides is 2. The summed E-state index contributed by atoms with van der Waals surface area (Å²) in [7, 11) is 0. The number of anilines is 1. The number of nitrogens with one attached hydrogen (secondary N) is 2. The number of hydrogen-bond donors (Lipinski definition) is 2. The van der Waals surface area contributed by atoms with Crippen LogP contribution in [0.25, 0.3) is 0 Å². The lowest BCUT2D eigenvalue weighted by molar-refractivity contribution is -0.167.